The number of nitrogens with one attached hydrogen (secondary N) is 1. The van der Waals surface area contributed by atoms with Crippen molar-refractivity contribution in [3.63, 3.8) is 0 Å². The SMILES string of the molecule is CN(C)c1ccc(C(CNC(=O)c2c(F)cccc2Cl)N(C)C)cc1. The van der Waals surface area contributed by atoms with Gasteiger partial charge in [0.25, 0.3) is 5.91 Å². The maximum atomic E-state index is 13.9. The lowest BCUT2D eigenvalue weighted by molar-refractivity contribution is 0.0938. The third-order valence-corrected chi connectivity index (χ3v) is 4.38. The van der Waals surface area contributed by atoms with Crippen molar-refractivity contribution in [3.8, 4) is 0 Å². The zero-order valence-corrected chi connectivity index (χ0v) is 15.6. The molecule has 0 heterocycles. The number of carbonyl (C=O) groups is 1. The first kappa shape index (κ1) is 19.2. The van der Waals surface area contributed by atoms with Gasteiger partial charge in [-0.1, -0.05) is 29.8 Å². The number of carbonyl (C=O) groups excluding carboxylic acids is 1. The standard InChI is InChI=1S/C19H23ClFN3O/c1-23(2)14-10-8-13(9-11-14)17(24(3)4)12-22-19(25)18-15(20)6-5-7-16(18)21/h5-11,17H,12H2,1-4H3,(H,22,25). The predicted octanol–water partition coefficient (Wildman–Crippen LogP) is 3.58. The van der Waals surface area contributed by atoms with Crippen LogP contribution < -0.4 is 10.2 Å². The maximum absolute atomic E-state index is 13.9. The molecule has 134 valence electrons. The van der Waals surface area contributed by atoms with E-state index in [2.05, 4.69) is 5.32 Å². The Balaban J connectivity index is 2.13. The van der Waals surface area contributed by atoms with E-state index in [0.29, 0.717) is 6.54 Å². The Labute approximate surface area is 153 Å². The lowest BCUT2D eigenvalue weighted by Crippen LogP contribution is -2.35. The summed E-state index contributed by atoms with van der Waals surface area (Å²) in [5, 5.41) is 2.89. The van der Waals surface area contributed by atoms with Crippen molar-refractivity contribution >= 4 is 23.2 Å². The summed E-state index contributed by atoms with van der Waals surface area (Å²) in [6.45, 7) is 0.345. The van der Waals surface area contributed by atoms with Gasteiger partial charge in [-0.3, -0.25) is 4.79 Å². The minimum absolute atomic E-state index is 0.0364. The number of anilines is 1. The van der Waals surface area contributed by atoms with Crippen LogP contribution >= 0.6 is 11.6 Å². The zero-order valence-electron chi connectivity index (χ0n) is 14.9. The summed E-state index contributed by atoms with van der Waals surface area (Å²) >= 11 is 5.95. The summed E-state index contributed by atoms with van der Waals surface area (Å²) in [5.74, 6) is -1.14. The molecule has 2 rings (SSSR count). The Morgan fingerprint density at radius 2 is 1.76 bits per heavy atom. The van der Waals surface area contributed by atoms with Gasteiger partial charge in [0.2, 0.25) is 0 Å². The summed E-state index contributed by atoms with van der Waals surface area (Å²) in [4.78, 5) is 16.4. The average Bonchev–Trinajstić information content (AvgIpc) is 2.55. The van der Waals surface area contributed by atoms with Gasteiger partial charge in [0.1, 0.15) is 5.82 Å². The largest absolute Gasteiger partial charge is 0.378 e. The summed E-state index contributed by atoms with van der Waals surface area (Å²) in [5.41, 5.74) is 2.04. The van der Waals surface area contributed by atoms with Crippen molar-refractivity contribution in [2.24, 2.45) is 0 Å². The minimum atomic E-state index is -0.623. The van der Waals surface area contributed by atoms with E-state index in [9.17, 15) is 9.18 Å². The Hall–Kier alpha value is -2.11. The summed E-state index contributed by atoms with van der Waals surface area (Å²) in [6.07, 6.45) is 0. The molecule has 0 aromatic heterocycles. The van der Waals surface area contributed by atoms with Crippen LogP contribution in [0.5, 0.6) is 0 Å². The second kappa shape index (κ2) is 8.32. The molecule has 2 aromatic carbocycles. The number of halogens is 2. The molecule has 1 atom stereocenters. The van der Waals surface area contributed by atoms with E-state index in [1.54, 1.807) is 0 Å². The van der Waals surface area contributed by atoms with Crippen LogP contribution in [0.4, 0.5) is 10.1 Å². The van der Waals surface area contributed by atoms with Gasteiger partial charge in [0.15, 0.2) is 0 Å². The number of rotatable bonds is 6. The fraction of sp³-hybridized carbons (Fsp3) is 0.316. The third kappa shape index (κ3) is 4.71. The highest BCUT2D eigenvalue weighted by molar-refractivity contribution is 6.33. The molecule has 25 heavy (non-hydrogen) atoms. The maximum Gasteiger partial charge on any atom is 0.255 e. The second-order valence-corrected chi connectivity index (χ2v) is 6.68. The van der Waals surface area contributed by atoms with Crippen LogP contribution in [-0.2, 0) is 0 Å². The van der Waals surface area contributed by atoms with E-state index in [-0.39, 0.29) is 16.6 Å². The molecule has 1 unspecified atom stereocenters. The second-order valence-electron chi connectivity index (χ2n) is 6.27. The number of hydrogen-bond donors (Lipinski definition) is 1. The zero-order chi connectivity index (χ0) is 18.6. The van der Waals surface area contributed by atoms with Gasteiger partial charge < -0.3 is 15.1 Å². The lowest BCUT2D eigenvalue weighted by Gasteiger charge is -2.26. The molecule has 0 aliphatic carbocycles. The van der Waals surface area contributed by atoms with E-state index < -0.39 is 11.7 Å². The Bertz CT molecular complexity index is 712. The van der Waals surface area contributed by atoms with E-state index in [1.807, 2.05) is 62.3 Å². The predicted molar refractivity (Wildman–Crippen MR) is 101 cm³/mol. The summed E-state index contributed by atoms with van der Waals surface area (Å²) in [7, 11) is 7.84. The van der Waals surface area contributed by atoms with E-state index in [0.717, 1.165) is 11.3 Å². The van der Waals surface area contributed by atoms with Gasteiger partial charge in [-0.05, 0) is 43.9 Å². The van der Waals surface area contributed by atoms with Gasteiger partial charge in [-0.25, -0.2) is 4.39 Å². The average molecular weight is 364 g/mol. The molecule has 4 nitrogen and oxygen atoms in total. The number of amides is 1. The molecule has 0 radical (unpaired) electrons. The quantitative estimate of drug-likeness (QED) is 0.852. The topological polar surface area (TPSA) is 35.6 Å². The van der Waals surface area contributed by atoms with Crippen LogP contribution in [0.3, 0.4) is 0 Å². The molecule has 2 aromatic rings. The van der Waals surface area contributed by atoms with Crippen molar-refractivity contribution in [2.75, 3.05) is 39.6 Å². The molecule has 0 bridgehead atoms. The van der Waals surface area contributed by atoms with Gasteiger partial charge >= 0.3 is 0 Å². The van der Waals surface area contributed by atoms with Crippen molar-refractivity contribution in [1.82, 2.24) is 10.2 Å². The van der Waals surface area contributed by atoms with E-state index in [4.69, 9.17) is 11.6 Å². The van der Waals surface area contributed by atoms with Gasteiger partial charge in [0.05, 0.1) is 16.6 Å². The highest BCUT2D eigenvalue weighted by Gasteiger charge is 2.19. The lowest BCUT2D eigenvalue weighted by atomic mass is 10.0. The van der Waals surface area contributed by atoms with Crippen LogP contribution in [0, 0.1) is 5.82 Å². The first-order valence-electron chi connectivity index (χ1n) is 7.97. The van der Waals surface area contributed by atoms with Crippen LogP contribution in [0.25, 0.3) is 0 Å². The van der Waals surface area contributed by atoms with Gasteiger partial charge in [0, 0.05) is 26.3 Å². The summed E-state index contributed by atoms with van der Waals surface area (Å²) < 4.78 is 13.9. The molecule has 0 aliphatic heterocycles. The van der Waals surface area contributed by atoms with Crippen molar-refractivity contribution in [1.29, 1.82) is 0 Å². The van der Waals surface area contributed by atoms with Crippen LogP contribution in [-0.4, -0.2) is 45.5 Å². The van der Waals surface area contributed by atoms with Crippen LogP contribution in [0.1, 0.15) is 22.0 Å². The van der Waals surface area contributed by atoms with E-state index >= 15 is 0 Å². The Morgan fingerprint density at radius 3 is 2.28 bits per heavy atom. The number of benzene rings is 2. The number of hydrogen-bond acceptors (Lipinski definition) is 3. The Morgan fingerprint density at radius 1 is 1.12 bits per heavy atom. The van der Waals surface area contributed by atoms with Crippen molar-refractivity contribution < 1.29 is 9.18 Å². The molecule has 0 saturated heterocycles. The van der Waals surface area contributed by atoms with Crippen LogP contribution in [0.15, 0.2) is 42.5 Å². The van der Waals surface area contributed by atoms with Crippen molar-refractivity contribution in [3.05, 3.63) is 64.4 Å². The van der Waals surface area contributed by atoms with Crippen LogP contribution in [0.2, 0.25) is 5.02 Å². The normalized spacial score (nSPS) is 12.1. The molecular formula is C19H23ClFN3O. The first-order chi connectivity index (χ1) is 11.8. The fourth-order valence-electron chi connectivity index (χ4n) is 2.59. The highest BCUT2D eigenvalue weighted by atomic mass is 35.5. The molecule has 1 amide bonds. The highest BCUT2D eigenvalue weighted by Crippen LogP contribution is 2.22. The number of likely N-dealkylation sites (N-methyl/N-ethyl adjacent to an activating group) is 1. The third-order valence-electron chi connectivity index (χ3n) is 4.06. The molecular weight excluding hydrogens is 341 g/mol. The van der Waals surface area contributed by atoms with Gasteiger partial charge in [-0.2, -0.15) is 0 Å². The fourth-order valence-corrected chi connectivity index (χ4v) is 2.83. The molecule has 0 fully saturated rings. The summed E-state index contributed by atoms with van der Waals surface area (Å²) in [6, 6.07) is 12.3. The number of nitrogens with zero attached hydrogens (tertiary/aromatic N) is 2. The van der Waals surface area contributed by atoms with Crippen molar-refractivity contribution in [2.45, 2.75) is 6.04 Å². The molecule has 0 saturated carbocycles. The van der Waals surface area contributed by atoms with Gasteiger partial charge in [-0.15, -0.1) is 0 Å². The smallest absolute Gasteiger partial charge is 0.255 e. The van der Waals surface area contributed by atoms with E-state index in [1.165, 1.54) is 18.2 Å². The monoisotopic (exact) mass is 363 g/mol. The molecule has 0 spiro atoms. The first-order valence-corrected chi connectivity index (χ1v) is 8.35. The molecule has 6 heteroatoms. The Kier molecular flexibility index (Phi) is 6.39. The minimum Gasteiger partial charge on any atom is -0.378 e. The molecule has 0 aliphatic rings. The molecule has 1 N–H and O–H groups in total.